The van der Waals surface area contributed by atoms with Crippen LogP contribution in [0.4, 0.5) is 0 Å². The Balaban J connectivity index is 2.08. The van der Waals surface area contributed by atoms with Gasteiger partial charge < -0.3 is 35.2 Å². The first-order valence-corrected chi connectivity index (χ1v) is 9.48. The first-order chi connectivity index (χ1) is 12.8. The van der Waals surface area contributed by atoms with Crippen molar-refractivity contribution in [1.82, 2.24) is 10.2 Å². The summed E-state index contributed by atoms with van der Waals surface area (Å²) in [5, 5.41) is 41.2. The number of ether oxygens (including phenoxy) is 1. The fraction of sp³-hybridized carbons (Fsp3) is 0.500. The van der Waals surface area contributed by atoms with Gasteiger partial charge in [0.15, 0.2) is 0 Å². The van der Waals surface area contributed by atoms with Crippen molar-refractivity contribution in [3.63, 3.8) is 0 Å². The average molecular weight is 398 g/mol. The number of nitrogens with zero attached hydrogens (tertiary/aromatic N) is 1. The van der Waals surface area contributed by atoms with Gasteiger partial charge in [0.2, 0.25) is 5.91 Å². The van der Waals surface area contributed by atoms with E-state index in [-0.39, 0.29) is 35.0 Å². The Morgan fingerprint density at radius 2 is 2.00 bits per heavy atom. The minimum Gasteiger partial charge on any atom is -0.507 e. The molecular formula is C16H23BN2O7S. The number of aromatic hydroxyl groups is 1. The molecular weight excluding hydrogens is 375 g/mol. The van der Waals surface area contributed by atoms with Crippen molar-refractivity contribution in [1.29, 1.82) is 0 Å². The van der Waals surface area contributed by atoms with Crippen molar-refractivity contribution in [2.45, 2.75) is 11.6 Å². The second-order valence-electron chi connectivity index (χ2n) is 6.05. The number of hydrogen-bond donors (Lipinski definition) is 5. The number of thioether (sulfide) groups is 1. The lowest BCUT2D eigenvalue weighted by atomic mass is 9.81. The van der Waals surface area contributed by atoms with Gasteiger partial charge in [0.25, 0.3) is 0 Å². The predicted molar refractivity (Wildman–Crippen MR) is 101 cm³/mol. The number of carboxylic acid groups (broad SMARTS) is 1. The summed E-state index contributed by atoms with van der Waals surface area (Å²) in [6, 6.07) is 2.87. The number of aromatic carboxylic acids is 1. The quantitative estimate of drug-likeness (QED) is 0.356. The van der Waals surface area contributed by atoms with E-state index in [4.69, 9.17) is 4.74 Å². The maximum Gasteiger partial charge on any atom is 0.465 e. The topological polar surface area (TPSA) is 140 Å². The molecule has 0 saturated carbocycles. The van der Waals surface area contributed by atoms with Gasteiger partial charge >= 0.3 is 13.1 Å². The minimum atomic E-state index is -1.74. The van der Waals surface area contributed by atoms with E-state index in [1.54, 1.807) is 4.90 Å². The van der Waals surface area contributed by atoms with Crippen LogP contribution in [0.3, 0.4) is 0 Å². The Morgan fingerprint density at radius 1 is 1.33 bits per heavy atom. The Hall–Kier alpha value is -1.95. The molecule has 0 spiro atoms. The molecule has 0 radical (unpaired) electrons. The zero-order valence-corrected chi connectivity index (χ0v) is 15.7. The van der Waals surface area contributed by atoms with E-state index < -0.39 is 24.0 Å². The molecule has 1 aliphatic heterocycles. The lowest BCUT2D eigenvalue weighted by Gasteiger charge is -2.28. The highest BCUT2D eigenvalue weighted by Crippen LogP contribution is 2.33. The van der Waals surface area contributed by atoms with Crippen LogP contribution < -0.4 is 10.1 Å². The second-order valence-corrected chi connectivity index (χ2v) is 7.28. The fourth-order valence-corrected chi connectivity index (χ4v) is 3.82. The summed E-state index contributed by atoms with van der Waals surface area (Å²) in [7, 11) is -0.445. The van der Waals surface area contributed by atoms with Gasteiger partial charge in [-0.05, 0) is 18.1 Å². The molecule has 27 heavy (non-hydrogen) atoms. The summed E-state index contributed by atoms with van der Waals surface area (Å²) in [5.41, 5.74) is -0.156. The lowest BCUT2D eigenvalue weighted by molar-refractivity contribution is -0.128. The number of benzene rings is 1. The number of phenols is 1. The largest absolute Gasteiger partial charge is 0.507 e. The van der Waals surface area contributed by atoms with Gasteiger partial charge in [-0.15, -0.1) is 0 Å². The normalized spacial score (nSPS) is 15.3. The van der Waals surface area contributed by atoms with Crippen molar-refractivity contribution in [2.75, 3.05) is 39.0 Å². The molecule has 11 heteroatoms. The molecule has 1 aromatic carbocycles. The summed E-state index contributed by atoms with van der Waals surface area (Å²) < 4.78 is 4.94. The summed E-state index contributed by atoms with van der Waals surface area (Å²) in [4.78, 5) is 25.3. The number of carboxylic acids is 1. The van der Waals surface area contributed by atoms with Crippen LogP contribution >= 0.6 is 11.8 Å². The highest BCUT2D eigenvalue weighted by molar-refractivity contribution is 8.01. The van der Waals surface area contributed by atoms with Crippen LogP contribution in [0.15, 0.2) is 12.1 Å². The summed E-state index contributed by atoms with van der Waals surface area (Å²) in [6.45, 7) is 2.65. The van der Waals surface area contributed by atoms with Crippen LogP contribution in [-0.2, 0) is 11.2 Å². The van der Waals surface area contributed by atoms with E-state index in [0.29, 0.717) is 13.1 Å². The standard InChI is InChI=1S/C16H23BN2O7S/c1-26-11-3-2-10(15(21)14(11)16(22)23)8-12(17(24)25)27-9-13(20)19-6-4-18-5-7-19/h2-3,12,18,21,24-25H,4-9H2,1H3,(H,22,23)/t12-/m0/s1. The molecule has 0 unspecified atom stereocenters. The molecule has 1 atom stereocenters. The van der Waals surface area contributed by atoms with E-state index in [1.807, 2.05) is 0 Å². The van der Waals surface area contributed by atoms with Gasteiger partial charge in [-0.3, -0.25) is 4.79 Å². The molecule has 148 valence electrons. The number of piperazine rings is 1. The highest BCUT2D eigenvalue weighted by Gasteiger charge is 2.29. The zero-order chi connectivity index (χ0) is 20.0. The van der Waals surface area contributed by atoms with Crippen LogP contribution in [0.2, 0.25) is 0 Å². The summed E-state index contributed by atoms with van der Waals surface area (Å²) in [5.74, 6) is -1.87. The number of carbonyl (C=O) groups excluding carboxylic acids is 1. The van der Waals surface area contributed by atoms with Crippen molar-refractivity contribution in [3.8, 4) is 11.5 Å². The van der Waals surface area contributed by atoms with Crippen LogP contribution in [0.1, 0.15) is 15.9 Å². The molecule has 1 aliphatic rings. The third-order valence-corrected chi connectivity index (χ3v) is 5.55. The van der Waals surface area contributed by atoms with Crippen molar-refractivity contribution < 1.29 is 34.6 Å². The van der Waals surface area contributed by atoms with E-state index in [2.05, 4.69) is 5.32 Å². The third kappa shape index (κ3) is 5.52. The third-order valence-electron chi connectivity index (χ3n) is 4.30. The fourth-order valence-electron chi connectivity index (χ4n) is 2.81. The Kier molecular flexibility index (Phi) is 7.78. The number of amides is 1. The van der Waals surface area contributed by atoms with E-state index >= 15 is 0 Å². The molecule has 1 heterocycles. The molecule has 0 aliphatic carbocycles. The predicted octanol–water partition coefficient (Wildman–Crippen LogP) is -0.813. The number of hydrogen-bond acceptors (Lipinski definition) is 8. The number of rotatable bonds is 8. The maximum absolute atomic E-state index is 12.2. The molecule has 0 aromatic heterocycles. The smallest absolute Gasteiger partial charge is 0.465 e. The number of nitrogens with one attached hydrogen (secondary N) is 1. The molecule has 1 saturated heterocycles. The zero-order valence-electron chi connectivity index (χ0n) is 14.9. The maximum atomic E-state index is 12.2. The van der Waals surface area contributed by atoms with Crippen molar-refractivity contribution in [3.05, 3.63) is 23.3 Å². The van der Waals surface area contributed by atoms with Gasteiger partial charge in [-0.1, -0.05) is 6.07 Å². The number of methoxy groups -OCH3 is 1. The molecule has 5 N–H and O–H groups in total. The summed E-state index contributed by atoms with van der Waals surface area (Å²) in [6.07, 6.45) is -0.0206. The molecule has 9 nitrogen and oxygen atoms in total. The Bertz CT molecular complexity index is 683. The highest BCUT2D eigenvalue weighted by atomic mass is 32.2. The van der Waals surface area contributed by atoms with Crippen LogP contribution in [0, 0.1) is 0 Å². The van der Waals surface area contributed by atoms with E-state index in [1.165, 1.54) is 19.2 Å². The molecule has 1 aromatic rings. The molecule has 2 rings (SSSR count). The SMILES string of the molecule is COc1ccc(C[C@H](SCC(=O)N2CCNCC2)B(O)O)c(O)c1C(=O)O. The molecule has 1 amide bonds. The van der Waals surface area contributed by atoms with E-state index in [9.17, 15) is 29.9 Å². The van der Waals surface area contributed by atoms with Crippen LogP contribution in [0.5, 0.6) is 11.5 Å². The van der Waals surface area contributed by atoms with E-state index in [0.717, 1.165) is 24.9 Å². The van der Waals surface area contributed by atoms with Gasteiger partial charge in [-0.2, -0.15) is 11.8 Å². The van der Waals surface area contributed by atoms with Gasteiger partial charge in [0.05, 0.1) is 12.9 Å². The van der Waals surface area contributed by atoms with Crippen LogP contribution in [0.25, 0.3) is 0 Å². The van der Waals surface area contributed by atoms with Crippen molar-refractivity contribution >= 4 is 30.8 Å². The first kappa shape index (κ1) is 21.4. The monoisotopic (exact) mass is 398 g/mol. The Labute approximate surface area is 161 Å². The van der Waals surface area contributed by atoms with Gasteiger partial charge in [0.1, 0.15) is 17.1 Å². The second kappa shape index (κ2) is 9.84. The lowest BCUT2D eigenvalue weighted by Crippen LogP contribution is -2.47. The number of carbonyl (C=O) groups is 2. The van der Waals surface area contributed by atoms with Crippen LogP contribution in [-0.4, -0.2) is 88.3 Å². The molecule has 1 fully saturated rings. The van der Waals surface area contributed by atoms with Gasteiger partial charge in [-0.25, -0.2) is 4.79 Å². The van der Waals surface area contributed by atoms with Crippen molar-refractivity contribution in [2.24, 2.45) is 0 Å². The summed E-state index contributed by atoms with van der Waals surface area (Å²) >= 11 is 1.06. The first-order valence-electron chi connectivity index (χ1n) is 8.43. The molecule has 0 bridgehead atoms. The average Bonchev–Trinajstić information content (AvgIpc) is 2.65. The Morgan fingerprint density at radius 3 is 2.56 bits per heavy atom. The van der Waals surface area contributed by atoms with Gasteiger partial charge in [0, 0.05) is 31.3 Å². The minimum absolute atomic E-state index is 0.00591.